The molecule has 0 spiro atoms. The number of nitrogens with one attached hydrogen (secondary N) is 2. The third-order valence-electron chi connectivity index (χ3n) is 4.88. The number of carbonyl (C=O) groups excluding carboxylic acids is 1. The number of benzene rings is 1. The van der Waals surface area contributed by atoms with Gasteiger partial charge >= 0.3 is 0 Å². The number of hydrogen-bond acceptors (Lipinski definition) is 6. The van der Waals surface area contributed by atoms with Crippen molar-refractivity contribution in [3.63, 3.8) is 0 Å². The van der Waals surface area contributed by atoms with Crippen molar-refractivity contribution in [3.05, 3.63) is 56.4 Å². The van der Waals surface area contributed by atoms with E-state index in [2.05, 4.69) is 26.5 Å². The van der Waals surface area contributed by atoms with Gasteiger partial charge in [-0.3, -0.25) is 24.9 Å². The third-order valence-corrected chi connectivity index (χ3v) is 5.85. The Morgan fingerprint density at radius 1 is 1.37 bits per heavy atom. The van der Waals surface area contributed by atoms with Crippen LogP contribution in [0.15, 0.2) is 35.7 Å². The Labute approximate surface area is 159 Å². The summed E-state index contributed by atoms with van der Waals surface area (Å²) in [5.41, 5.74) is 0.714. The lowest BCUT2D eigenvalue weighted by Crippen LogP contribution is -2.36. The molecule has 3 aromatic rings. The highest BCUT2D eigenvalue weighted by atomic mass is 32.1. The van der Waals surface area contributed by atoms with Crippen molar-refractivity contribution >= 4 is 33.8 Å². The molecule has 3 heterocycles. The minimum atomic E-state index is -0.478. The molecule has 8 nitrogen and oxygen atoms in total. The molecular weight excluding hydrogens is 366 g/mol. The zero-order chi connectivity index (χ0) is 18.8. The van der Waals surface area contributed by atoms with Gasteiger partial charge in [-0.05, 0) is 43.4 Å². The number of fused-ring (bicyclic) bond motifs is 1. The minimum Gasteiger partial charge on any atom is -0.349 e. The molecule has 140 valence electrons. The van der Waals surface area contributed by atoms with Crippen molar-refractivity contribution < 1.29 is 9.72 Å². The monoisotopic (exact) mass is 385 g/mol. The average molecular weight is 385 g/mol. The molecule has 1 atom stereocenters. The highest BCUT2D eigenvalue weighted by Gasteiger charge is 2.25. The van der Waals surface area contributed by atoms with Gasteiger partial charge < -0.3 is 5.32 Å². The van der Waals surface area contributed by atoms with Crippen LogP contribution in [0.4, 0.5) is 5.69 Å². The zero-order valence-electron chi connectivity index (χ0n) is 14.6. The van der Waals surface area contributed by atoms with Crippen LogP contribution in [0.1, 0.15) is 34.2 Å². The van der Waals surface area contributed by atoms with Gasteiger partial charge in [0.1, 0.15) is 0 Å². The standard InChI is InChI=1S/C18H19N5O3S/c24-18(17-13-10-12(23(25)26)5-6-14(13)20-21-17)19-11-15(16-4-3-9-27-16)22-7-1-2-8-22/h3-6,9-10,15H,1-2,7-8,11H2,(H,19,24)(H,20,21). The Bertz CT molecular complexity index is 963. The number of non-ortho nitro benzene ring substituents is 1. The molecule has 1 aliphatic rings. The van der Waals surface area contributed by atoms with E-state index in [1.54, 1.807) is 17.4 Å². The van der Waals surface area contributed by atoms with Gasteiger partial charge in [0.15, 0.2) is 5.69 Å². The second-order valence-corrected chi connectivity index (χ2v) is 7.52. The molecule has 0 saturated carbocycles. The number of thiophene rings is 1. The van der Waals surface area contributed by atoms with Crippen LogP contribution >= 0.6 is 11.3 Å². The highest BCUT2D eigenvalue weighted by Crippen LogP contribution is 2.28. The van der Waals surface area contributed by atoms with E-state index < -0.39 is 4.92 Å². The normalized spacial score (nSPS) is 15.9. The van der Waals surface area contributed by atoms with E-state index in [4.69, 9.17) is 0 Å². The lowest BCUT2D eigenvalue weighted by molar-refractivity contribution is -0.384. The van der Waals surface area contributed by atoms with Crippen molar-refractivity contribution in [2.45, 2.75) is 18.9 Å². The van der Waals surface area contributed by atoms with Crippen molar-refractivity contribution in [2.75, 3.05) is 19.6 Å². The summed E-state index contributed by atoms with van der Waals surface area (Å²) >= 11 is 1.69. The number of rotatable bonds is 6. The molecule has 1 aliphatic heterocycles. The highest BCUT2D eigenvalue weighted by molar-refractivity contribution is 7.10. The summed E-state index contributed by atoms with van der Waals surface area (Å²) in [7, 11) is 0. The zero-order valence-corrected chi connectivity index (χ0v) is 15.4. The van der Waals surface area contributed by atoms with Crippen LogP contribution in [-0.4, -0.2) is 45.6 Å². The summed E-state index contributed by atoms with van der Waals surface area (Å²) in [6.45, 7) is 2.52. The number of nitro groups is 1. The van der Waals surface area contributed by atoms with Crippen molar-refractivity contribution in [2.24, 2.45) is 0 Å². The maximum Gasteiger partial charge on any atom is 0.272 e. The number of hydrogen-bond donors (Lipinski definition) is 2. The van der Waals surface area contributed by atoms with Gasteiger partial charge in [0.05, 0.1) is 16.5 Å². The van der Waals surface area contributed by atoms with Crippen LogP contribution in [0.5, 0.6) is 0 Å². The largest absolute Gasteiger partial charge is 0.349 e. The molecule has 0 radical (unpaired) electrons. The van der Waals surface area contributed by atoms with E-state index >= 15 is 0 Å². The molecule has 9 heteroatoms. The third kappa shape index (κ3) is 3.56. The molecular formula is C18H19N5O3S. The summed E-state index contributed by atoms with van der Waals surface area (Å²) in [4.78, 5) is 26.9. The van der Waals surface area contributed by atoms with Gasteiger partial charge in [0.2, 0.25) is 0 Å². The number of amides is 1. The quantitative estimate of drug-likeness (QED) is 0.501. The number of aromatic nitrogens is 2. The van der Waals surface area contributed by atoms with E-state index in [-0.39, 0.29) is 23.3 Å². The van der Waals surface area contributed by atoms with Crippen LogP contribution in [0, 0.1) is 10.1 Å². The molecule has 1 saturated heterocycles. The molecule has 2 aromatic heterocycles. The molecule has 0 bridgehead atoms. The lowest BCUT2D eigenvalue weighted by atomic mass is 10.1. The second kappa shape index (κ2) is 7.45. The number of nitro benzene ring substituents is 1. The Kier molecular flexibility index (Phi) is 4.87. The number of carbonyl (C=O) groups is 1. The Morgan fingerprint density at radius 2 is 2.19 bits per heavy atom. The van der Waals surface area contributed by atoms with Crippen LogP contribution in [0.3, 0.4) is 0 Å². The van der Waals surface area contributed by atoms with Gasteiger partial charge in [0, 0.05) is 28.9 Å². The Hall–Kier alpha value is -2.78. The number of likely N-dealkylation sites (tertiary alicyclic amines) is 1. The predicted octanol–water partition coefficient (Wildman–Crippen LogP) is 3.10. The summed E-state index contributed by atoms with van der Waals surface area (Å²) in [5.74, 6) is -0.331. The molecule has 1 amide bonds. The molecule has 1 unspecified atom stereocenters. The number of aromatic amines is 1. The van der Waals surface area contributed by atoms with Crippen LogP contribution in [0.2, 0.25) is 0 Å². The van der Waals surface area contributed by atoms with Gasteiger partial charge in [-0.25, -0.2) is 0 Å². The van der Waals surface area contributed by atoms with Crippen molar-refractivity contribution in [1.82, 2.24) is 20.4 Å². The SMILES string of the molecule is O=C(NCC(c1cccs1)N1CCCC1)c1n[nH]c2ccc([N+](=O)[O-])cc12. The Morgan fingerprint density at radius 3 is 2.89 bits per heavy atom. The molecule has 27 heavy (non-hydrogen) atoms. The molecule has 2 N–H and O–H groups in total. The number of nitrogens with zero attached hydrogens (tertiary/aromatic N) is 3. The maximum atomic E-state index is 12.7. The lowest BCUT2D eigenvalue weighted by Gasteiger charge is -2.26. The van der Waals surface area contributed by atoms with Crippen LogP contribution in [0.25, 0.3) is 10.9 Å². The first-order valence-electron chi connectivity index (χ1n) is 8.81. The van der Waals surface area contributed by atoms with Gasteiger partial charge in [0.25, 0.3) is 11.6 Å². The smallest absolute Gasteiger partial charge is 0.272 e. The van der Waals surface area contributed by atoms with Crippen LogP contribution in [-0.2, 0) is 0 Å². The molecule has 1 fully saturated rings. The van der Waals surface area contributed by atoms with E-state index in [1.165, 1.54) is 29.9 Å². The number of H-pyrrole nitrogens is 1. The van der Waals surface area contributed by atoms with E-state index in [0.717, 1.165) is 13.1 Å². The van der Waals surface area contributed by atoms with E-state index in [1.807, 2.05) is 11.4 Å². The summed E-state index contributed by atoms with van der Waals surface area (Å²) in [6, 6.07) is 8.58. The van der Waals surface area contributed by atoms with Gasteiger partial charge in [-0.15, -0.1) is 11.3 Å². The second-order valence-electron chi connectivity index (χ2n) is 6.54. The molecule has 1 aromatic carbocycles. The van der Waals surface area contributed by atoms with Gasteiger partial charge in [-0.1, -0.05) is 6.07 Å². The summed E-state index contributed by atoms with van der Waals surface area (Å²) in [6.07, 6.45) is 2.34. The maximum absolute atomic E-state index is 12.7. The van der Waals surface area contributed by atoms with E-state index in [9.17, 15) is 14.9 Å². The summed E-state index contributed by atoms with van der Waals surface area (Å²) in [5, 5.41) is 23.3. The minimum absolute atomic E-state index is 0.0634. The molecule has 0 aliphatic carbocycles. The fourth-order valence-electron chi connectivity index (χ4n) is 3.51. The topological polar surface area (TPSA) is 104 Å². The van der Waals surface area contributed by atoms with Crippen molar-refractivity contribution in [3.8, 4) is 0 Å². The fourth-order valence-corrected chi connectivity index (χ4v) is 4.37. The predicted molar refractivity (Wildman–Crippen MR) is 103 cm³/mol. The summed E-state index contributed by atoms with van der Waals surface area (Å²) < 4.78 is 0. The fraction of sp³-hybridized carbons (Fsp3) is 0.333. The van der Waals surface area contributed by atoms with Gasteiger partial charge in [-0.2, -0.15) is 5.10 Å². The first-order valence-corrected chi connectivity index (χ1v) is 9.69. The first kappa shape index (κ1) is 17.6. The Balaban J connectivity index is 1.53. The van der Waals surface area contributed by atoms with Crippen LogP contribution < -0.4 is 5.32 Å². The van der Waals surface area contributed by atoms with Crippen molar-refractivity contribution in [1.29, 1.82) is 0 Å². The average Bonchev–Trinajstić information content (AvgIpc) is 3.42. The first-order chi connectivity index (χ1) is 13.1. The van der Waals surface area contributed by atoms with E-state index in [0.29, 0.717) is 17.4 Å². The molecule has 4 rings (SSSR count).